The molecule has 5 aromatic carbocycles. The number of fused-ring (bicyclic) bond motifs is 5. The van der Waals surface area contributed by atoms with Crippen molar-refractivity contribution in [2.24, 2.45) is 0 Å². The molecule has 0 radical (unpaired) electrons. The Morgan fingerprint density at radius 2 is 1.02 bits per heavy atom. The van der Waals surface area contributed by atoms with Crippen LogP contribution < -0.4 is 0 Å². The predicted octanol–water partition coefficient (Wildman–Crippen LogP) is 9.65. The van der Waals surface area contributed by atoms with E-state index in [2.05, 4.69) is 119 Å². The Balaban J connectivity index is 1.37. The Morgan fingerprint density at radius 3 is 1.73 bits per heavy atom. The molecule has 0 fully saturated rings. The molecule has 0 N–H and O–H groups in total. The molecule has 4 aromatic heterocycles. The average molecular weight is 576 g/mol. The first-order chi connectivity index (χ1) is 22.3. The molecule has 0 aliphatic rings. The van der Waals surface area contributed by atoms with Crippen LogP contribution in [0.4, 0.5) is 0 Å². The molecular weight excluding hydrogens is 550 g/mol. The highest BCUT2D eigenvalue weighted by molar-refractivity contribution is 6.21. The van der Waals surface area contributed by atoms with Crippen LogP contribution >= 0.6 is 0 Å². The van der Waals surface area contributed by atoms with Crippen LogP contribution in [0.3, 0.4) is 0 Å². The van der Waals surface area contributed by atoms with Gasteiger partial charge in [-0.05, 0) is 69.6 Å². The number of benzene rings is 5. The van der Waals surface area contributed by atoms with Crippen LogP contribution in [0.5, 0.6) is 0 Å². The zero-order chi connectivity index (χ0) is 29.7. The van der Waals surface area contributed by atoms with E-state index in [0.717, 1.165) is 77.6 Å². The van der Waals surface area contributed by atoms with Gasteiger partial charge in [0.05, 0.1) is 33.8 Å². The van der Waals surface area contributed by atoms with E-state index in [1.165, 1.54) is 0 Å². The fraction of sp³-hybridized carbons (Fsp3) is 0. The number of para-hydroxylation sites is 2. The Hall–Kier alpha value is -6.20. The molecule has 210 valence electrons. The summed E-state index contributed by atoms with van der Waals surface area (Å²) in [5.74, 6) is 0.677. The van der Waals surface area contributed by atoms with E-state index in [0.29, 0.717) is 5.78 Å². The second-order valence-corrected chi connectivity index (χ2v) is 11.1. The zero-order valence-electron chi connectivity index (χ0n) is 24.2. The maximum Gasteiger partial charge on any atom is 0.235 e. The molecule has 9 rings (SSSR count). The van der Waals surface area contributed by atoms with Gasteiger partial charge in [0, 0.05) is 29.1 Å². The topological polar surface area (TPSA) is 56.0 Å². The van der Waals surface area contributed by atoms with Crippen LogP contribution in [-0.4, -0.2) is 24.3 Å². The average Bonchev–Trinajstić information content (AvgIpc) is 3.49. The van der Waals surface area contributed by atoms with Gasteiger partial charge in [-0.1, -0.05) is 97.1 Å². The number of hydrogen-bond acceptors (Lipinski definition) is 4. The normalized spacial score (nSPS) is 11.6. The second-order valence-electron chi connectivity index (χ2n) is 11.1. The quantitative estimate of drug-likeness (QED) is 0.196. The summed E-state index contributed by atoms with van der Waals surface area (Å²) in [5.41, 5.74) is 10.1. The first-order valence-electron chi connectivity index (χ1n) is 15.0. The number of imidazole rings is 1. The summed E-state index contributed by atoms with van der Waals surface area (Å²) >= 11 is 0. The van der Waals surface area contributed by atoms with Gasteiger partial charge in [-0.3, -0.25) is 9.38 Å². The van der Waals surface area contributed by atoms with Crippen LogP contribution in [0.1, 0.15) is 0 Å². The van der Waals surface area contributed by atoms with Gasteiger partial charge in [0.2, 0.25) is 5.78 Å². The minimum absolute atomic E-state index is 0.677. The van der Waals surface area contributed by atoms with Gasteiger partial charge in [-0.2, -0.15) is 0 Å². The van der Waals surface area contributed by atoms with Crippen molar-refractivity contribution < 1.29 is 0 Å². The molecule has 5 nitrogen and oxygen atoms in total. The zero-order valence-corrected chi connectivity index (χ0v) is 24.2. The van der Waals surface area contributed by atoms with Crippen LogP contribution in [0.15, 0.2) is 152 Å². The highest BCUT2D eigenvalue weighted by atomic mass is 15.1. The van der Waals surface area contributed by atoms with Gasteiger partial charge in [0.15, 0.2) is 0 Å². The molecule has 9 aromatic rings. The molecule has 0 atom stereocenters. The van der Waals surface area contributed by atoms with E-state index in [4.69, 9.17) is 15.0 Å². The fourth-order valence-electron chi connectivity index (χ4n) is 6.55. The van der Waals surface area contributed by atoms with E-state index in [1.807, 2.05) is 30.3 Å². The lowest BCUT2D eigenvalue weighted by Crippen LogP contribution is -1.99. The molecule has 0 unspecified atom stereocenters. The van der Waals surface area contributed by atoms with Crippen LogP contribution in [-0.2, 0) is 0 Å². The monoisotopic (exact) mass is 575 g/mol. The highest BCUT2D eigenvalue weighted by Gasteiger charge is 2.21. The summed E-state index contributed by atoms with van der Waals surface area (Å²) in [4.78, 5) is 19.6. The molecule has 5 heteroatoms. The van der Waals surface area contributed by atoms with Crippen molar-refractivity contribution in [2.45, 2.75) is 0 Å². The summed E-state index contributed by atoms with van der Waals surface area (Å²) in [6.07, 6.45) is 3.61. The minimum Gasteiger partial charge on any atom is -0.276 e. The van der Waals surface area contributed by atoms with E-state index in [9.17, 15) is 0 Å². The Bertz CT molecular complexity index is 2480. The third kappa shape index (κ3) is 4.09. The smallest absolute Gasteiger partial charge is 0.235 e. The van der Waals surface area contributed by atoms with Gasteiger partial charge >= 0.3 is 0 Å². The predicted molar refractivity (Wildman–Crippen MR) is 183 cm³/mol. The van der Waals surface area contributed by atoms with E-state index in [-0.39, 0.29) is 0 Å². The summed E-state index contributed by atoms with van der Waals surface area (Å²) in [6, 6.07) is 48.4. The Morgan fingerprint density at radius 1 is 0.422 bits per heavy atom. The molecule has 0 spiro atoms. The van der Waals surface area contributed by atoms with E-state index in [1.54, 1.807) is 12.4 Å². The lowest BCUT2D eigenvalue weighted by Gasteiger charge is -2.18. The molecule has 0 amide bonds. The summed E-state index contributed by atoms with van der Waals surface area (Å²) in [5, 5.41) is 4.49. The lowest BCUT2D eigenvalue weighted by molar-refractivity contribution is 1.15. The van der Waals surface area contributed by atoms with Gasteiger partial charge in [-0.15, -0.1) is 0 Å². The summed E-state index contributed by atoms with van der Waals surface area (Å²) in [6.45, 7) is 0. The Kier molecular flexibility index (Phi) is 5.74. The maximum absolute atomic E-state index is 5.26. The molecule has 4 heterocycles. The SMILES string of the molecule is c1ccc(-c2cc(-c3c4ccccc4c(-c4cccc(-c5ccncc5)n4)c4ccccc34)nc3nc4ccccc4n23)cc1. The summed E-state index contributed by atoms with van der Waals surface area (Å²) < 4.78 is 2.17. The largest absolute Gasteiger partial charge is 0.276 e. The lowest BCUT2D eigenvalue weighted by atomic mass is 9.88. The fourth-order valence-corrected chi connectivity index (χ4v) is 6.55. The molecule has 0 bridgehead atoms. The van der Waals surface area contributed by atoms with Crippen molar-refractivity contribution in [1.29, 1.82) is 0 Å². The standard InChI is InChI=1S/C40H25N5/c1-2-11-27(12-3-1)37-25-35(44-40-43-33-17-8-9-20-36(33)45(37)40)39-30-15-6-4-13-28(30)38(29-14-5-7-16-31(29)39)34-19-10-18-32(42-34)26-21-23-41-24-22-26/h1-25H. The van der Waals surface area contributed by atoms with E-state index >= 15 is 0 Å². The van der Waals surface area contributed by atoms with Gasteiger partial charge in [0.25, 0.3) is 0 Å². The first kappa shape index (κ1) is 25.3. The van der Waals surface area contributed by atoms with Gasteiger partial charge < -0.3 is 0 Å². The first-order valence-corrected chi connectivity index (χ1v) is 15.0. The molecule has 0 aliphatic heterocycles. The third-order valence-corrected chi connectivity index (χ3v) is 8.52. The number of aromatic nitrogens is 5. The molecule has 0 aliphatic carbocycles. The maximum atomic E-state index is 5.26. The number of rotatable bonds is 4. The minimum atomic E-state index is 0.677. The van der Waals surface area contributed by atoms with Crippen molar-refractivity contribution in [2.75, 3.05) is 0 Å². The van der Waals surface area contributed by atoms with Crippen molar-refractivity contribution in [3.63, 3.8) is 0 Å². The highest BCUT2D eigenvalue weighted by Crippen LogP contribution is 2.44. The van der Waals surface area contributed by atoms with Crippen molar-refractivity contribution >= 4 is 38.4 Å². The Labute approximate surface area is 259 Å². The summed E-state index contributed by atoms with van der Waals surface area (Å²) in [7, 11) is 0. The molecule has 0 saturated carbocycles. The number of pyridine rings is 2. The van der Waals surface area contributed by atoms with Crippen LogP contribution in [0, 0.1) is 0 Å². The van der Waals surface area contributed by atoms with Crippen LogP contribution in [0.25, 0.3) is 83.4 Å². The molecular formula is C40H25N5. The third-order valence-electron chi connectivity index (χ3n) is 8.52. The van der Waals surface area contributed by atoms with Crippen molar-refractivity contribution in [3.05, 3.63) is 152 Å². The van der Waals surface area contributed by atoms with Crippen LogP contribution in [0.2, 0.25) is 0 Å². The van der Waals surface area contributed by atoms with Crippen molar-refractivity contribution in [3.8, 4) is 45.0 Å². The van der Waals surface area contributed by atoms with Gasteiger partial charge in [0.1, 0.15) is 0 Å². The molecule has 45 heavy (non-hydrogen) atoms. The molecule has 0 saturated heterocycles. The number of nitrogens with zero attached hydrogens (tertiary/aromatic N) is 5. The second kappa shape index (κ2) is 10.2. The van der Waals surface area contributed by atoms with Crippen molar-refractivity contribution in [1.82, 2.24) is 24.3 Å². The van der Waals surface area contributed by atoms with E-state index < -0.39 is 0 Å². The number of hydrogen-bond donors (Lipinski definition) is 0. The van der Waals surface area contributed by atoms with Gasteiger partial charge in [-0.25, -0.2) is 15.0 Å².